The van der Waals surface area contributed by atoms with Crippen LogP contribution in [0.5, 0.6) is 5.75 Å². The molecule has 0 atom stereocenters. The zero-order valence-electron chi connectivity index (χ0n) is 43.7. The predicted octanol–water partition coefficient (Wildman–Crippen LogP) is 17.4. The molecule has 0 amide bonds. The average Bonchev–Trinajstić information content (AvgIpc) is 3.78. The van der Waals surface area contributed by atoms with Gasteiger partial charge in [-0.3, -0.25) is 9.55 Å². The number of aryl methyl sites for hydroxylation is 1. The van der Waals surface area contributed by atoms with Gasteiger partial charge in [-0.2, -0.15) is 0 Å². The molecule has 1 N–H and O–H groups in total. The summed E-state index contributed by atoms with van der Waals surface area (Å²) in [6.07, 6.45) is 1.87. The molecule has 0 radical (unpaired) electrons. The molecule has 0 unspecified atom stereocenters. The van der Waals surface area contributed by atoms with Crippen molar-refractivity contribution in [3.05, 3.63) is 217 Å². The maximum atomic E-state index is 12.5. The molecule has 0 saturated carbocycles. The monoisotopic (exact) mass is 1090 g/mol. The average molecular weight is 1100 g/mol. The van der Waals surface area contributed by atoms with Gasteiger partial charge in [-0.25, -0.2) is 4.98 Å². The van der Waals surface area contributed by atoms with Gasteiger partial charge in [-0.05, 0) is 110 Å². The summed E-state index contributed by atoms with van der Waals surface area (Å²) in [5.74, 6) is 0.887. The largest absolute Gasteiger partial charge is 0.507 e. The molecule has 10 aromatic rings. The van der Waals surface area contributed by atoms with E-state index < -0.39 is 6.85 Å². The number of hydrogen-bond donors (Lipinski definition) is 1. The SMILES string of the molecule is [2H]C([2H])([2H])c1cc(-c2ccccc2)c(-n2c(-c3cc(C(C)C)cc(C(C)C)c3O)nc3c(-c4[c-]c(-c5cc(-c6ccc(-c7ccccc7)cc6)ccn5)cc(C(C)(C)C)c4)cccc32)cc1-c1ccccc1.[Pt]. The number of fused-ring (bicyclic) bond motifs is 1. The van der Waals surface area contributed by atoms with Crippen molar-refractivity contribution in [3.8, 4) is 89.7 Å². The minimum atomic E-state index is -2.43. The molecule has 0 aliphatic carbocycles. The van der Waals surface area contributed by atoms with E-state index in [-0.39, 0.29) is 49.6 Å². The topological polar surface area (TPSA) is 50.9 Å². The summed E-state index contributed by atoms with van der Waals surface area (Å²) in [6, 6.07) is 65.4. The molecule has 350 valence electrons. The molecule has 0 saturated heterocycles. The van der Waals surface area contributed by atoms with Gasteiger partial charge in [-0.1, -0.05) is 199 Å². The number of aromatic nitrogens is 3. The second-order valence-electron chi connectivity index (χ2n) is 19.7. The van der Waals surface area contributed by atoms with Crippen LogP contribution in [0.4, 0.5) is 0 Å². The van der Waals surface area contributed by atoms with Crippen molar-refractivity contribution in [2.45, 2.75) is 72.6 Å². The third-order valence-corrected chi connectivity index (χ3v) is 13.3. The standard InChI is InChI=1S/C65H58N3O.Pt/c1-41(2)50-37-55(42(3)4)63(69)58(38-50)64-67-62-54(25-18-26-60(62)68(64)61-40-56(47-21-14-10-15-22-47)43(5)33-57(61)48-23-16-11-17-24-48)51-34-52(36-53(35-51)65(6,7)8)59-39-49(31-32-66-59)46-29-27-45(28-30-46)44-19-12-9-13-20-44;/h9-33,35-42,69H,1-8H3;/q-1;/i5D3;. The van der Waals surface area contributed by atoms with Crippen molar-refractivity contribution in [3.63, 3.8) is 0 Å². The quantitative estimate of drug-likeness (QED) is 0.139. The molecular formula is C65H58N3OPt-. The summed E-state index contributed by atoms with van der Waals surface area (Å²) in [4.78, 5) is 10.6. The number of imidazole rings is 1. The van der Waals surface area contributed by atoms with E-state index in [0.29, 0.717) is 22.5 Å². The molecule has 0 aliphatic rings. The molecular weight excluding hydrogens is 1030 g/mol. The van der Waals surface area contributed by atoms with E-state index in [1.807, 2.05) is 85.1 Å². The number of phenols is 1. The fraction of sp³-hybridized carbons (Fsp3) is 0.169. The Labute approximate surface area is 432 Å². The van der Waals surface area contributed by atoms with Crippen molar-refractivity contribution >= 4 is 11.0 Å². The van der Waals surface area contributed by atoms with Crippen molar-refractivity contribution in [1.82, 2.24) is 14.5 Å². The van der Waals surface area contributed by atoms with Crippen molar-refractivity contribution < 1.29 is 30.3 Å². The molecule has 2 aromatic heterocycles. The van der Waals surface area contributed by atoms with Gasteiger partial charge in [-0.15, -0.1) is 29.3 Å². The van der Waals surface area contributed by atoms with E-state index in [4.69, 9.17) is 14.1 Å². The third kappa shape index (κ3) is 9.34. The van der Waals surface area contributed by atoms with Gasteiger partial charge in [0.25, 0.3) is 0 Å². The van der Waals surface area contributed by atoms with Crippen LogP contribution in [0.25, 0.3) is 95.0 Å². The molecule has 0 spiro atoms. The molecule has 5 heteroatoms. The summed E-state index contributed by atoms with van der Waals surface area (Å²) in [5.41, 5.74) is 16.7. The Balaban J connectivity index is 0.00000656. The fourth-order valence-electron chi connectivity index (χ4n) is 9.37. The zero-order chi connectivity index (χ0) is 50.5. The number of phenolic OH excluding ortho intramolecular Hbond substituents is 1. The first kappa shape index (κ1) is 44.1. The maximum absolute atomic E-state index is 12.5. The Morgan fingerprint density at radius 3 is 1.77 bits per heavy atom. The summed E-state index contributed by atoms with van der Waals surface area (Å²) in [5, 5.41) is 12.5. The number of pyridine rings is 1. The third-order valence-electron chi connectivity index (χ3n) is 13.3. The molecule has 4 nitrogen and oxygen atoms in total. The van der Waals surface area contributed by atoms with E-state index in [0.717, 1.165) is 83.7 Å². The second kappa shape index (κ2) is 19.7. The number of aromatic hydroxyl groups is 1. The van der Waals surface area contributed by atoms with Gasteiger partial charge >= 0.3 is 0 Å². The first-order valence-corrected chi connectivity index (χ1v) is 23.9. The van der Waals surface area contributed by atoms with Crippen molar-refractivity contribution in [1.29, 1.82) is 0 Å². The van der Waals surface area contributed by atoms with Gasteiger partial charge in [0, 0.05) is 42.6 Å². The Kier molecular flexibility index (Phi) is 12.4. The van der Waals surface area contributed by atoms with E-state index in [1.165, 1.54) is 5.56 Å². The number of para-hydroxylation sites is 1. The molecule has 10 rings (SSSR count). The van der Waals surface area contributed by atoms with Gasteiger partial charge in [0.2, 0.25) is 0 Å². The van der Waals surface area contributed by atoms with Gasteiger partial charge < -0.3 is 5.11 Å². The summed E-state index contributed by atoms with van der Waals surface area (Å²) in [6.45, 7) is 12.7. The van der Waals surface area contributed by atoms with Crippen LogP contribution in [0.3, 0.4) is 0 Å². The number of benzene rings is 8. The summed E-state index contributed by atoms with van der Waals surface area (Å²) < 4.78 is 28.7. The Morgan fingerprint density at radius 2 is 1.16 bits per heavy atom. The second-order valence-corrected chi connectivity index (χ2v) is 19.7. The normalized spacial score (nSPS) is 12.4. The molecule has 70 heavy (non-hydrogen) atoms. The minimum Gasteiger partial charge on any atom is -0.507 e. The summed E-state index contributed by atoms with van der Waals surface area (Å²) >= 11 is 0. The van der Waals surface area contributed by atoms with Crippen LogP contribution in [0, 0.1) is 12.9 Å². The van der Waals surface area contributed by atoms with E-state index in [2.05, 4.69) is 162 Å². The Bertz CT molecular complexity index is 3600. The number of nitrogens with zero attached hydrogens (tertiary/aromatic N) is 3. The molecule has 2 heterocycles. The van der Waals surface area contributed by atoms with Crippen molar-refractivity contribution in [2.24, 2.45) is 0 Å². The van der Waals surface area contributed by atoms with E-state index in [1.54, 1.807) is 0 Å². The van der Waals surface area contributed by atoms with Crippen LogP contribution in [0.1, 0.15) is 86.7 Å². The zero-order valence-corrected chi connectivity index (χ0v) is 42.9. The Morgan fingerprint density at radius 1 is 0.557 bits per heavy atom. The number of rotatable bonds is 10. The smallest absolute Gasteiger partial charge is 0.148 e. The first-order chi connectivity index (χ1) is 34.5. The van der Waals surface area contributed by atoms with Crippen LogP contribution in [-0.4, -0.2) is 19.6 Å². The van der Waals surface area contributed by atoms with Crippen LogP contribution >= 0.6 is 0 Å². The summed E-state index contributed by atoms with van der Waals surface area (Å²) in [7, 11) is 0. The van der Waals surface area contributed by atoms with Crippen LogP contribution in [-0.2, 0) is 26.5 Å². The molecule has 0 bridgehead atoms. The van der Waals surface area contributed by atoms with E-state index in [9.17, 15) is 5.11 Å². The first-order valence-electron chi connectivity index (χ1n) is 25.4. The van der Waals surface area contributed by atoms with E-state index >= 15 is 0 Å². The fourth-order valence-corrected chi connectivity index (χ4v) is 9.37. The van der Waals surface area contributed by atoms with Crippen LogP contribution in [0.2, 0.25) is 0 Å². The molecule has 8 aromatic carbocycles. The Hall–Kier alpha value is -7.13. The van der Waals surface area contributed by atoms with Gasteiger partial charge in [0.1, 0.15) is 11.6 Å². The minimum absolute atomic E-state index is 0. The van der Waals surface area contributed by atoms with Gasteiger partial charge in [0.15, 0.2) is 0 Å². The maximum Gasteiger partial charge on any atom is 0.148 e. The molecule has 0 fully saturated rings. The predicted molar refractivity (Wildman–Crippen MR) is 289 cm³/mol. The van der Waals surface area contributed by atoms with Crippen molar-refractivity contribution in [2.75, 3.05) is 0 Å². The van der Waals surface area contributed by atoms with Gasteiger partial charge in [0.05, 0.1) is 22.3 Å². The molecule has 0 aliphatic heterocycles. The van der Waals surface area contributed by atoms with Crippen LogP contribution < -0.4 is 0 Å². The number of hydrogen-bond acceptors (Lipinski definition) is 3. The van der Waals surface area contributed by atoms with Crippen LogP contribution in [0.15, 0.2) is 188 Å².